The number of aromatic hydroxyl groups is 1. The first-order chi connectivity index (χ1) is 23.6. The summed E-state index contributed by atoms with van der Waals surface area (Å²) in [4.78, 5) is 77.7. The number of esters is 1. The molecule has 0 saturated heterocycles. The number of carbonyl (C=O) groups excluding carboxylic acids is 6. The van der Waals surface area contributed by atoms with Crippen molar-refractivity contribution in [3.05, 3.63) is 91.0 Å². The van der Waals surface area contributed by atoms with Crippen LogP contribution >= 0.6 is 0 Å². The van der Waals surface area contributed by atoms with Crippen molar-refractivity contribution >= 4 is 35.7 Å². The monoisotopic (exact) mass is 693 g/mol. The van der Waals surface area contributed by atoms with E-state index < -0.39 is 72.0 Å². The van der Waals surface area contributed by atoms with E-state index in [1.807, 2.05) is 0 Å². The molecule has 0 bridgehead atoms. The lowest BCUT2D eigenvalue weighted by molar-refractivity contribution is -0.145. The SMILES string of the molecule is C=CC[C@@H](NC(=O)[C@H](Cc1ccc(O)cc1)NC(=O)OC(C)(C)C)C(=O)NCC(=O)N[C@@H](Cc1ccccc1)C(=O)N[C@H](CC=C)C(=O)OC. The summed E-state index contributed by atoms with van der Waals surface area (Å²) in [5, 5.41) is 22.4. The molecule has 2 aromatic rings. The van der Waals surface area contributed by atoms with Gasteiger partial charge in [-0.05, 0) is 56.9 Å². The fourth-order valence-corrected chi connectivity index (χ4v) is 4.59. The molecule has 0 aliphatic rings. The predicted octanol–water partition coefficient (Wildman–Crippen LogP) is 1.97. The first-order valence-electron chi connectivity index (χ1n) is 15.9. The summed E-state index contributed by atoms with van der Waals surface area (Å²) in [6.07, 6.45) is 2.16. The predicted molar refractivity (Wildman–Crippen MR) is 186 cm³/mol. The number of rotatable bonds is 18. The molecule has 0 aliphatic carbocycles. The molecule has 50 heavy (non-hydrogen) atoms. The summed E-state index contributed by atoms with van der Waals surface area (Å²) in [6.45, 7) is 11.7. The van der Waals surface area contributed by atoms with Crippen molar-refractivity contribution in [2.24, 2.45) is 0 Å². The Bertz CT molecular complexity index is 1490. The van der Waals surface area contributed by atoms with Crippen molar-refractivity contribution in [3.8, 4) is 5.75 Å². The molecule has 0 aromatic heterocycles. The molecule has 14 nitrogen and oxygen atoms in total. The number of alkyl carbamates (subject to hydrolysis) is 1. The molecular formula is C36H47N5O9. The van der Waals surface area contributed by atoms with Gasteiger partial charge in [-0.15, -0.1) is 13.2 Å². The quantitative estimate of drug-likeness (QED) is 0.0998. The largest absolute Gasteiger partial charge is 0.508 e. The summed E-state index contributed by atoms with van der Waals surface area (Å²) in [5.74, 6) is -3.47. The van der Waals surface area contributed by atoms with Crippen LogP contribution in [0.4, 0.5) is 4.79 Å². The van der Waals surface area contributed by atoms with E-state index in [-0.39, 0.29) is 31.4 Å². The summed E-state index contributed by atoms with van der Waals surface area (Å²) >= 11 is 0. The number of amides is 5. The standard InChI is InChI=1S/C36H47N5O9/c1-7-12-26(39-33(46)29(41-35(48)50-36(3,4)5)21-24-16-18-25(42)19-17-24)31(44)37-22-30(43)38-28(20-23-14-10-9-11-15-23)32(45)40-27(13-8-2)34(47)49-6/h7-11,14-19,26-29,42H,1-2,12-13,20-22H2,3-6H3,(H,37,44)(H,38,43)(H,39,46)(H,40,45)(H,41,48)/t26-,27-,28+,29+/m1/s1. The van der Waals surface area contributed by atoms with Gasteiger partial charge in [0.15, 0.2) is 0 Å². The topological polar surface area (TPSA) is 201 Å². The van der Waals surface area contributed by atoms with Crippen molar-refractivity contribution in [1.29, 1.82) is 0 Å². The molecule has 5 amide bonds. The minimum absolute atomic E-state index is 0.00465. The third kappa shape index (κ3) is 14.6. The average molecular weight is 694 g/mol. The maximum absolute atomic E-state index is 13.4. The van der Waals surface area contributed by atoms with E-state index in [1.165, 1.54) is 31.4 Å². The van der Waals surface area contributed by atoms with E-state index in [1.54, 1.807) is 63.2 Å². The van der Waals surface area contributed by atoms with Crippen LogP contribution in [-0.2, 0) is 46.3 Å². The van der Waals surface area contributed by atoms with E-state index in [0.29, 0.717) is 5.56 Å². The highest BCUT2D eigenvalue weighted by atomic mass is 16.6. The Balaban J connectivity index is 2.15. The van der Waals surface area contributed by atoms with Crippen molar-refractivity contribution in [2.45, 2.75) is 76.2 Å². The number of ether oxygens (including phenoxy) is 2. The van der Waals surface area contributed by atoms with Gasteiger partial charge in [-0.3, -0.25) is 19.2 Å². The van der Waals surface area contributed by atoms with Crippen LogP contribution in [0.25, 0.3) is 0 Å². The Kier molecular flexibility index (Phi) is 16.2. The molecule has 0 saturated carbocycles. The van der Waals surface area contributed by atoms with Gasteiger partial charge in [0.2, 0.25) is 23.6 Å². The van der Waals surface area contributed by atoms with Gasteiger partial charge in [-0.1, -0.05) is 54.6 Å². The van der Waals surface area contributed by atoms with Gasteiger partial charge in [0, 0.05) is 12.8 Å². The van der Waals surface area contributed by atoms with Crippen LogP contribution in [0.1, 0.15) is 44.7 Å². The molecule has 4 atom stereocenters. The second-order valence-corrected chi connectivity index (χ2v) is 12.3. The fourth-order valence-electron chi connectivity index (χ4n) is 4.59. The number of phenolic OH excluding ortho intramolecular Hbond substituents is 1. The van der Waals surface area contributed by atoms with Crippen molar-refractivity contribution < 1.29 is 43.3 Å². The van der Waals surface area contributed by atoms with Gasteiger partial charge < -0.3 is 41.2 Å². The molecular weight excluding hydrogens is 646 g/mol. The first-order valence-corrected chi connectivity index (χ1v) is 15.9. The van der Waals surface area contributed by atoms with Crippen molar-refractivity contribution in [2.75, 3.05) is 13.7 Å². The van der Waals surface area contributed by atoms with Crippen LogP contribution in [0.15, 0.2) is 79.9 Å². The van der Waals surface area contributed by atoms with Crippen LogP contribution in [0, 0.1) is 0 Å². The second kappa shape index (κ2) is 20.0. The number of methoxy groups -OCH3 is 1. The van der Waals surface area contributed by atoms with E-state index in [4.69, 9.17) is 9.47 Å². The number of hydrogen-bond donors (Lipinski definition) is 6. The lowest BCUT2D eigenvalue weighted by atomic mass is 10.0. The number of hydrogen-bond acceptors (Lipinski definition) is 9. The summed E-state index contributed by atoms with van der Waals surface area (Å²) in [5.41, 5.74) is 0.494. The Morgan fingerprint density at radius 3 is 1.78 bits per heavy atom. The normalized spacial score (nSPS) is 13.2. The zero-order valence-corrected chi connectivity index (χ0v) is 28.8. The molecule has 0 heterocycles. The van der Waals surface area contributed by atoms with Gasteiger partial charge in [-0.25, -0.2) is 9.59 Å². The molecule has 0 aliphatic heterocycles. The van der Waals surface area contributed by atoms with Gasteiger partial charge in [-0.2, -0.15) is 0 Å². The summed E-state index contributed by atoms with van der Waals surface area (Å²) in [6, 6.07) is 10.4. The molecule has 0 fully saturated rings. The van der Waals surface area contributed by atoms with Gasteiger partial charge in [0.25, 0.3) is 0 Å². The maximum Gasteiger partial charge on any atom is 0.408 e. The number of benzene rings is 2. The van der Waals surface area contributed by atoms with Crippen molar-refractivity contribution in [1.82, 2.24) is 26.6 Å². The maximum atomic E-state index is 13.4. The van der Waals surface area contributed by atoms with Gasteiger partial charge in [0.1, 0.15) is 35.5 Å². The summed E-state index contributed by atoms with van der Waals surface area (Å²) in [7, 11) is 1.19. The smallest absolute Gasteiger partial charge is 0.408 e. The Labute approximate surface area is 292 Å². The van der Waals surface area contributed by atoms with Crippen LogP contribution in [-0.4, -0.2) is 84.2 Å². The zero-order valence-electron chi connectivity index (χ0n) is 28.8. The molecule has 0 radical (unpaired) electrons. The van der Waals surface area contributed by atoms with Crippen LogP contribution in [0.2, 0.25) is 0 Å². The van der Waals surface area contributed by atoms with Crippen LogP contribution in [0.3, 0.4) is 0 Å². The fraction of sp³-hybridized carbons (Fsp3) is 0.389. The number of nitrogens with one attached hydrogen (secondary N) is 5. The number of phenols is 1. The third-order valence-electron chi connectivity index (χ3n) is 6.98. The highest BCUT2D eigenvalue weighted by Crippen LogP contribution is 2.13. The molecule has 6 N–H and O–H groups in total. The first kappa shape index (κ1) is 40.5. The van der Waals surface area contributed by atoms with E-state index in [9.17, 15) is 33.9 Å². The van der Waals surface area contributed by atoms with E-state index >= 15 is 0 Å². The molecule has 2 aromatic carbocycles. The zero-order chi connectivity index (χ0) is 37.3. The van der Waals surface area contributed by atoms with Gasteiger partial charge >= 0.3 is 12.1 Å². The number of carbonyl (C=O) groups is 6. The lowest BCUT2D eigenvalue weighted by Gasteiger charge is -2.25. The Morgan fingerprint density at radius 1 is 0.720 bits per heavy atom. The Morgan fingerprint density at radius 2 is 1.24 bits per heavy atom. The van der Waals surface area contributed by atoms with Gasteiger partial charge in [0.05, 0.1) is 13.7 Å². The molecule has 14 heteroatoms. The molecule has 0 spiro atoms. The second-order valence-electron chi connectivity index (χ2n) is 12.3. The van der Waals surface area contributed by atoms with Crippen LogP contribution < -0.4 is 26.6 Å². The highest BCUT2D eigenvalue weighted by Gasteiger charge is 2.30. The minimum atomic E-state index is -1.18. The minimum Gasteiger partial charge on any atom is -0.508 e. The van der Waals surface area contributed by atoms with E-state index in [0.717, 1.165) is 5.56 Å². The van der Waals surface area contributed by atoms with Crippen molar-refractivity contribution in [3.63, 3.8) is 0 Å². The lowest BCUT2D eigenvalue weighted by Crippen LogP contribution is -2.56. The average Bonchev–Trinajstić information content (AvgIpc) is 3.06. The van der Waals surface area contributed by atoms with E-state index in [2.05, 4.69) is 39.7 Å². The third-order valence-corrected chi connectivity index (χ3v) is 6.98. The Hall–Kier alpha value is -5.66. The molecule has 0 unspecified atom stereocenters. The molecule has 270 valence electrons. The molecule has 2 rings (SSSR count). The highest BCUT2D eigenvalue weighted by molar-refractivity contribution is 5.95. The van der Waals surface area contributed by atoms with Crippen LogP contribution in [0.5, 0.6) is 5.75 Å². The summed E-state index contributed by atoms with van der Waals surface area (Å²) < 4.78 is 10.1.